The largest absolute Gasteiger partial charge is 0.392 e. The molecule has 3 unspecified atom stereocenters. The summed E-state index contributed by atoms with van der Waals surface area (Å²) >= 11 is 0. The first-order valence-corrected chi connectivity index (χ1v) is 8.12. The van der Waals surface area contributed by atoms with Gasteiger partial charge in [0.05, 0.1) is 6.10 Å². The molecule has 20 heavy (non-hydrogen) atoms. The van der Waals surface area contributed by atoms with E-state index < -0.39 is 0 Å². The Morgan fingerprint density at radius 1 is 0.950 bits per heavy atom. The Labute approximate surface area is 123 Å². The number of aliphatic hydroxyl groups excluding tert-OH is 1. The highest BCUT2D eigenvalue weighted by molar-refractivity contribution is 5.26. The maximum atomic E-state index is 10.2. The first-order chi connectivity index (χ1) is 9.58. The molecular formula is C18H29NO. The van der Waals surface area contributed by atoms with E-state index in [0.29, 0.717) is 12.0 Å². The van der Waals surface area contributed by atoms with E-state index in [0.717, 1.165) is 19.3 Å². The van der Waals surface area contributed by atoms with Gasteiger partial charge in [-0.1, -0.05) is 57.4 Å². The summed E-state index contributed by atoms with van der Waals surface area (Å²) in [6.07, 6.45) is 5.50. The highest BCUT2D eigenvalue weighted by Gasteiger charge is 2.23. The quantitative estimate of drug-likeness (QED) is 0.809. The second-order valence-corrected chi connectivity index (χ2v) is 6.52. The first kappa shape index (κ1) is 15.5. The summed E-state index contributed by atoms with van der Waals surface area (Å²) in [7, 11) is 0. The van der Waals surface area contributed by atoms with Crippen LogP contribution >= 0.6 is 0 Å². The molecule has 1 aliphatic rings. The number of benzene rings is 1. The van der Waals surface area contributed by atoms with Gasteiger partial charge in [-0.3, -0.25) is 0 Å². The van der Waals surface area contributed by atoms with Crippen molar-refractivity contribution >= 4 is 0 Å². The average Bonchev–Trinajstić information content (AvgIpc) is 2.64. The van der Waals surface area contributed by atoms with Crippen molar-refractivity contribution < 1.29 is 5.11 Å². The molecule has 2 nitrogen and oxygen atoms in total. The maximum absolute atomic E-state index is 10.2. The van der Waals surface area contributed by atoms with Gasteiger partial charge in [0, 0.05) is 12.1 Å². The summed E-state index contributed by atoms with van der Waals surface area (Å²) in [5.41, 5.74) is 2.70. The van der Waals surface area contributed by atoms with Gasteiger partial charge < -0.3 is 10.4 Å². The Morgan fingerprint density at radius 2 is 1.55 bits per heavy atom. The van der Waals surface area contributed by atoms with Crippen molar-refractivity contribution in [2.45, 2.75) is 77.0 Å². The molecule has 0 aliphatic heterocycles. The second-order valence-electron chi connectivity index (χ2n) is 6.52. The Hall–Kier alpha value is -0.860. The molecule has 0 spiro atoms. The van der Waals surface area contributed by atoms with Crippen LogP contribution in [0.4, 0.5) is 0 Å². The van der Waals surface area contributed by atoms with Crippen LogP contribution in [0.1, 0.15) is 76.0 Å². The summed E-state index contributed by atoms with van der Waals surface area (Å²) in [4.78, 5) is 0. The molecule has 2 N–H and O–H groups in total. The van der Waals surface area contributed by atoms with Crippen molar-refractivity contribution in [2.75, 3.05) is 0 Å². The lowest BCUT2D eigenvalue weighted by molar-refractivity contribution is 0.115. The van der Waals surface area contributed by atoms with E-state index in [4.69, 9.17) is 0 Å². The summed E-state index contributed by atoms with van der Waals surface area (Å²) in [6, 6.07) is 9.43. The lowest BCUT2D eigenvalue weighted by Crippen LogP contribution is -2.40. The second kappa shape index (κ2) is 7.24. The van der Waals surface area contributed by atoms with Gasteiger partial charge in [-0.05, 0) is 36.8 Å². The van der Waals surface area contributed by atoms with Gasteiger partial charge in [-0.15, -0.1) is 0 Å². The van der Waals surface area contributed by atoms with E-state index in [-0.39, 0.29) is 12.1 Å². The SMILES string of the molecule is CC(C)c1ccc(C(C)NC2CCCCCC2O)cc1. The van der Waals surface area contributed by atoms with Crippen LogP contribution in [0, 0.1) is 0 Å². The lowest BCUT2D eigenvalue weighted by Gasteiger charge is -2.26. The minimum absolute atomic E-state index is 0.185. The molecule has 112 valence electrons. The van der Waals surface area contributed by atoms with Gasteiger partial charge in [0.15, 0.2) is 0 Å². The van der Waals surface area contributed by atoms with Crippen LogP contribution in [0.5, 0.6) is 0 Å². The molecular weight excluding hydrogens is 246 g/mol. The molecule has 1 aromatic rings. The monoisotopic (exact) mass is 275 g/mol. The molecule has 0 heterocycles. The van der Waals surface area contributed by atoms with E-state index in [1.165, 1.54) is 24.0 Å². The van der Waals surface area contributed by atoms with Gasteiger partial charge in [0.2, 0.25) is 0 Å². The number of aliphatic hydroxyl groups is 1. The van der Waals surface area contributed by atoms with E-state index in [2.05, 4.69) is 50.4 Å². The Balaban J connectivity index is 1.97. The molecule has 0 saturated heterocycles. The van der Waals surface area contributed by atoms with E-state index >= 15 is 0 Å². The molecule has 1 aliphatic carbocycles. The lowest BCUT2D eigenvalue weighted by atomic mass is 9.98. The van der Waals surface area contributed by atoms with Crippen molar-refractivity contribution in [3.8, 4) is 0 Å². The van der Waals surface area contributed by atoms with Crippen LogP contribution in [0.15, 0.2) is 24.3 Å². The summed E-state index contributed by atoms with van der Waals surface area (Å²) in [5, 5.41) is 13.8. The zero-order valence-electron chi connectivity index (χ0n) is 13.1. The Kier molecular flexibility index (Phi) is 5.62. The van der Waals surface area contributed by atoms with Crippen molar-refractivity contribution in [3.63, 3.8) is 0 Å². The number of rotatable bonds is 4. The smallest absolute Gasteiger partial charge is 0.0693 e. The van der Waals surface area contributed by atoms with Crippen LogP contribution < -0.4 is 5.32 Å². The fourth-order valence-corrected chi connectivity index (χ4v) is 3.07. The molecule has 2 heteroatoms. The van der Waals surface area contributed by atoms with Crippen LogP contribution in [0.2, 0.25) is 0 Å². The Bertz CT molecular complexity index is 398. The summed E-state index contributed by atoms with van der Waals surface area (Å²) < 4.78 is 0. The fourth-order valence-electron chi connectivity index (χ4n) is 3.07. The number of hydrogen-bond acceptors (Lipinski definition) is 2. The minimum atomic E-state index is -0.185. The third kappa shape index (κ3) is 4.07. The normalized spacial score (nSPS) is 25.4. The molecule has 3 atom stereocenters. The predicted molar refractivity (Wildman–Crippen MR) is 85.0 cm³/mol. The summed E-state index contributed by atoms with van der Waals surface area (Å²) in [5.74, 6) is 0.580. The third-order valence-electron chi connectivity index (χ3n) is 4.55. The molecule has 0 aromatic heterocycles. The molecule has 0 bridgehead atoms. The maximum Gasteiger partial charge on any atom is 0.0693 e. The van der Waals surface area contributed by atoms with Gasteiger partial charge in [-0.2, -0.15) is 0 Å². The topological polar surface area (TPSA) is 32.3 Å². The van der Waals surface area contributed by atoms with Crippen molar-refractivity contribution in [2.24, 2.45) is 0 Å². The predicted octanol–water partition coefficient (Wildman–Crippen LogP) is 4.15. The molecule has 0 radical (unpaired) electrons. The van der Waals surface area contributed by atoms with Gasteiger partial charge in [0.25, 0.3) is 0 Å². The van der Waals surface area contributed by atoms with Gasteiger partial charge >= 0.3 is 0 Å². The van der Waals surface area contributed by atoms with Gasteiger partial charge in [-0.25, -0.2) is 0 Å². The van der Waals surface area contributed by atoms with Crippen LogP contribution in [-0.4, -0.2) is 17.3 Å². The van der Waals surface area contributed by atoms with Crippen molar-refractivity contribution in [1.29, 1.82) is 0 Å². The van der Waals surface area contributed by atoms with E-state index in [9.17, 15) is 5.11 Å². The van der Waals surface area contributed by atoms with Crippen LogP contribution in [-0.2, 0) is 0 Å². The molecule has 1 aromatic carbocycles. The van der Waals surface area contributed by atoms with E-state index in [1.54, 1.807) is 0 Å². The fraction of sp³-hybridized carbons (Fsp3) is 0.667. The molecule has 1 saturated carbocycles. The third-order valence-corrected chi connectivity index (χ3v) is 4.55. The highest BCUT2D eigenvalue weighted by Crippen LogP contribution is 2.23. The molecule has 0 amide bonds. The first-order valence-electron chi connectivity index (χ1n) is 8.12. The Morgan fingerprint density at radius 3 is 2.20 bits per heavy atom. The number of hydrogen-bond donors (Lipinski definition) is 2. The highest BCUT2D eigenvalue weighted by atomic mass is 16.3. The van der Waals surface area contributed by atoms with Crippen LogP contribution in [0.3, 0.4) is 0 Å². The number of nitrogens with one attached hydrogen (secondary N) is 1. The minimum Gasteiger partial charge on any atom is -0.392 e. The summed E-state index contributed by atoms with van der Waals surface area (Å²) in [6.45, 7) is 6.64. The average molecular weight is 275 g/mol. The molecule has 1 fully saturated rings. The van der Waals surface area contributed by atoms with Gasteiger partial charge in [0.1, 0.15) is 0 Å². The van der Waals surface area contributed by atoms with Crippen LogP contribution in [0.25, 0.3) is 0 Å². The van der Waals surface area contributed by atoms with Crippen molar-refractivity contribution in [1.82, 2.24) is 5.32 Å². The molecule has 2 rings (SSSR count). The standard InChI is InChI=1S/C18H29NO/c1-13(2)15-9-11-16(12-10-15)14(3)19-17-7-5-4-6-8-18(17)20/h9-14,17-20H,4-8H2,1-3H3. The zero-order valence-corrected chi connectivity index (χ0v) is 13.1. The zero-order chi connectivity index (χ0) is 14.5. The van der Waals surface area contributed by atoms with E-state index in [1.807, 2.05) is 0 Å². The van der Waals surface area contributed by atoms with Crippen molar-refractivity contribution in [3.05, 3.63) is 35.4 Å².